The van der Waals surface area contributed by atoms with E-state index in [4.69, 9.17) is 67.7 Å². The second-order valence-electron chi connectivity index (χ2n) is 21.9. The van der Waals surface area contributed by atoms with Gasteiger partial charge in [-0.05, 0) is 37.7 Å². The Morgan fingerprint density at radius 1 is 0.511 bits per heavy atom. The highest BCUT2D eigenvalue weighted by atomic mass is 16.7. The number of carbonyl (C=O) groups is 9. The van der Waals surface area contributed by atoms with Gasteiger partial charge in [0.25, 0.3) is 6.47 Å². The van der Waals surface area contributed by atoms with Crippen LogP contribution >= 0.6 is 0 Å². The molecule has 1 aromatic carbocycles. The van der Waals surface area contributed by atoms with Crippen LogP contribution < -0.4 is 21.7 Å². The standard InChI is InChI=1S/C21H35NO9.C18H33NO6.C16H30N2O6.C8H8O2/c1-5-17-13(2)20(30-15(4)24)19(22-14(3)23)21(31-17)29-12-11-28-10-6-7-16(25)8-9-18(26)27;1-6-8-9-22-10-11-23-18-16(19-13(4)20)17(24-14(5)21)12(3)15(7-2)25-18;1-5-13-10(2)15(23-12(4)20)14(18-11(3)19)16(24-13)22-9-8-21-7-6-17;9-7-10-6-8-4-2-1-3-5-8/h13,17,19-21H,5-12H2,1-4H3,(H,22,23)(H,26,27);12,15-18H,6-11H2,1-5H3,(H,19,20);10,13-16H,5-9,17H2,1-4H3,(H,18,19);1-5,7H,6H2. The SMILES string of the molecule is CCC1OC(OCCOCCCC(=O)CCC(=O)O)C(NC(C)=O)C(OC(C)=O)C1C.CCC1OC(OCCOCCN)C(NC(C)=O)C(OC(C)=O)C1C.CCCCOCCOC1OC(CC)C(C)C(OC(C)=O)C1NC(C)=O.O=COCc1ccccc1. The number of amides is 3. The molecule has 3 amide bonds. The molecule has 3 aliphatic rings. The summed E-state index contributed by atoms with van der Waals surface area (Å²) in [6.45, 7) is 26.8. The molecule has 0 aliphatic carbocycles. The summed E-state index contributed by atoms with van der Waals surface area (Å²) in [7, 11) is 0. The van der Waals surface area contributed by atoms with Crippen molar-refractivity contribution in [2.75, 3.05) is 66.0 Å². The van der Waals surface area contributed by atoms with Gasteiger partial charge in [0.15, 0.2) is 18.9 Å². The molecule has 3 fully saturated rings. The van der Waals surface area contributed by atoms with Gasteiger partial charge in [-0.3, -0.25) is 43.2 Å². The Morgan fingerprint density at radius 3 is 1.19 bits per heavy atom. The lowest BCUT2D eigenvalue weighted by molar-refractivity contribution is -0.255. The van der Waals surface area contributed by atoms with Crippen molar-refractivity contribution in [3.63, 3.8) is 0 Å². The summed E-state index contributed by atoms with van der Waals surface area (Å²) in [6.07, 6.45) is 0.725. The van der Waals surface area contributed by atoms with Crippen LogP contribution in [0.15, 0.2) is 30.3 Å². The molecule has 6 N–H and O–H groups in total. The number of hydrogen-bond acceptors (Lipinski definition) is 23. The van der Waals surface area contributed by atoms with E-state index in [0.29, 0.717) is 78.7 Å². The minimum Gasteiger partial charge on any atom is -0.481 e. The van der Waals surface area contributed by atoms with E-state index >= 15 is 0 Å². The van der Waals surface area contributed by atoms with E-state index in [9.17, 15) is 43.2 Å². The second kappa shape index (κ2) is 48.1. The molecule has 4 rings (SSSR count). The van der Waals surface area contributed by atoms with Crippen molar-refractivity contribution >= 4 is 53.9 Å². The van der Waals surface area contributed by atoms with Crippen molar-refractivity contribution in [3.05, 3.63) is 35.9 Å². The fourth-order valence-corrected chi connectivity index (χ4v) is 10.1. The number of carboxylic acids is 1. The summed E-state index contributed by atoms with van der Waals surface area (Å²) in [5.41, 5.74) is 6.37. The third kappa shape index (κ3) is 34.1. The molecule has 516 valence electrons. The summed E-state index contributed by atoms with van der Waals surface area (Å²) in [5.74, 6) is -3.30. The number of nitrogens with one attached hydrogen (secondary N) is 3. The van der Waals surface area contributed by atoms with E-state index in [0.717, 1.165) is 31.2 Å². The van der Waals surface area contributed by atoms with Gasteiger partial charge < -0.3 is 88.4 Å². The highest BCUT2D eigenvalue weighted by Crippen LogP contribution is 2.33. The summed E-state index contributed by atoms with van der Waals surface area (Å²) < 4.78 is 72.6. The smallest absolute Gasteiger partial charge is 0.303 e. The highest BCUT2D eigenvalue weighted by Gasteiger charge is 2.49. The highest BCUT2D eigenvalue weighted by molar-refractivity contribution is 5.82. The van der Waals surface area contributed by atoms with Crippen LogP contribution in [-0.4, -0.2) is 199 Å². The molecule has 15 atom stereocenters. The molecular weight excluding hydrogens is 1180 g/mol. The molecule has 3 saturated heterocycles. The molecule has 0 saturated carbocycles. The zero-order chi connectivity index (χ0) is 67.6. The Morgan fingerprint density at radius 2 is 0.878 bits per heavy atom. The summed E-state index contributed by atoms with van der Waals surface area (Å²) in [5, 5.41) is 16.9. The van der Waals surface area contributed by atoms with Crippen LogP contribution in [0.25, 0.3) is 0 Å². The van der Waals surface area contributed by atoms with Crippen molar-refractivity contribution in [2.24, 2.45) is 23.5 Å². The Hall–Kier alpha value is -5.75. The number of rotatable bonds is 36. The first kappa shape index (κ1) is 82.3. The number of ketones is 1. The van der Waals surface area contributed by atoms with Crippen molar-refractivity contribution in [2.45, 2.75) is 228 Å². The van der Waals surface area contributed by atoms with Crippen molar-refractivity contribution in [1.82, 2.24) is 16.0 Å². The third-order valence-corrected chi connectivity index (χ3v) is 14.4. The van der Waals surface area contributed by atoms with Crippen LogP contribution in [0.4, 0.5) is 0 Å². The fraction of sp³-hybridized carbons (Fsp3) is 0.762. The first-order chi connectivity index (χ1) is 42.9. The van der Waals surface area contributed by atoms with Crippen molar-refractivity contribution in [3.8, 4) is 0 Å². The zero-order valence-electron chi connectivity index (χ0n) is 55.3. The predicted molar refractivity (Wildman–Crippen MR) is 327 cm³/mol. The average Bonchev–Trinajstić information content (AvgIpc) is 0.837. The number of unbranched alkanes of at least 4 members (excludes halogenated alkanes) is 1. The van der Waals surface area contributed by atoms with E-state index in [1.807, 2.05) is 71.9 Å². The van der Waals surface area contributed by atoms with Gasteiger partial charge in [0.2, 0.25) is 17.7 Å². The van der Waals surface area contributed by atoms with Gasteiger partial charge in [-0.15, -0.1) is 0 Å². The quantitative estimate of drug-likeness (QED) is 0.0255. The Bertz CT molecular complexity index is 2210. The van der Waals surface area contributed by atoms with Gasteiger partial charge in [-0.25, -0.2) is 0 Å². The van der Waals surface area contributed by atoms with Crippen LogP contribution in [-0.2, 0) is 111 Å². The Balaban J connectivity index is 0.000000629. The van der Waals surface area contributed by atoms with Gasteiger partial charge in [-0.2, -0.15) is 0 Å². The predicted octanol–water partition coefficient (Wildman–Crippen LogP) is 5.01. The van der Waals surface area contributed by atoms with E-state index in [1.54, 1.807) is 0 Å². The fourth-order valence-electron chi connectivity index (χ4n) is 10.1. The zero-order valence-corrected chi connectivity index (χ0v) is 55.3. The lowest BCUT2D eigenvalue weighted by Gasteiger charge is -2.44. The van der Waals surface area contributed by atoms with Crippen molar-refractivity contribution in [1.29, 1.82) is 0 Å². The van der Waals surface area contributed by atoms with Gasteiger partial charge in [0.1, 0.15) is 48.8 Å². The Kier molecular flexibility index (Phi) is 43.9. The molecule has 90 heavy (non-hydrogen) atoms. The Labute approximate surface area is 531 Å². The monoisotopic (exact) mass is 1290 g/mol. The van der Waals surface area contributed by atoms with Crippen LogP contribution in [0.3, 0.4) is 0 Å². The van der Waals surface area contributed by atoms with E-state index in [2.05, 4.69) is 27.6 Å². The van der Waals surface area contributed by atoms with Crippen LogP contribution in [0, 0.1) is 17.8 Å². The van der Waals surface area contributed by atoms with Gasteiger partial charge >= 0.3 is 23.9 Å². The molecule has 0 spiro atoms. The maximum Gasteiger partial charge on any atom is 0.303 e. The van der Waals surface area contributed by atoms with Crippen molar-refractivity contribution < 1.29 is 110 Å². The largest absolute Gasteiger partial charge is 0.481 e. The molecule has 0 radical (unpaired) electrons. The van der Waals surface area contributed by atoms with Crippen LogP contribution in [0.5, 0.6) is 0 Å². The third-order valence-electron chi connectivity index (χ3n) is 14.4. The normalized spacial score (nSPS) is 25.9. The van der Waals surface area contributed by atoms with E-state index in [-0.39, 0.29) is 98.0 Å². The molecule has 27 nitrogen and oxygen atoms in total. The molecule has 0 bridgehead atoms. The second-order valence-corrected chi connectivity index (χ2v) is 21.9. The van der Waals surface area contributed by atoms with E-state index < -0.39 is 73.2 Å². The minimum absolute atomic E-state index is 0.0303. The molecule has 15 unspecified atom stereocenters. The minimum atomic E-state index is -0.986. The average molecular weight is 1290 g/mol. The topological polar surface area (TPSA) is 356 Å². The number of benzene rings is 1. The maximum absolute atomic E-state index is 11.7. The number of esters is 3. The van der Waals surface area contributed by atoms with Crippen LogP contribution in [0.1, 0.15) is 153 Å². The number of carbonyl (C=O) groups excluding carboxylic acids is 8. The summed E-state index contributed by atoms with van der Waals surface area (Å²) in [4.78, 5) is 101. The number of hydrogen-bond donors (Lipinski definition) is 5. The molecule has 1 aromatic rings. The first-order valence-corrected chi connectivity index (χ1v) is 31.3. The molecule has 3 heterocycles. The van der Waals surface area contributed by atoms with Gasteiger partial charge in [-0.1, -0.05) is 85.2 Å². The number of aliphatic carboxylic acids is 1. The molecule has 3 aliphatic heterocycles. The van der Waals surface area contributed by atoms with Crippen LogP contribution in [0.2, 0.25) is 0 Å². The molecular formula is C63H106N4O23. The number of Topliss-reactive ketones (excluding diaryl/α,β-unsaturated/α-hetero) is 1. The number of nitrogens with two attached hydrogens (primary N) is 1. The summed E-state index contributed by atoms with van der Waals surface area (Å²) >= 11 is 0. The van der Waals surface area contributed by atoms with Gasteiger partial charge in [0, 0.05) is 91.9 Å². The number of carboxylic acid groups (broad SMARTS) is 1. The maximum atomic E-state index is 11.7. The lowest BCUT2D eigenvalue weighted by atomic mass is 9.87. The lowest BCUT2D eigenvalue weighted by Crippen LogP contribution is -2.62. The molecule has 0 aromatic heterocycles. The van der Waals surface area contributed by atoms with E-state index in [1.165, 1.54) is 41.5 Å². The molecule has 27 heteroatoms. The number of ether oxygens (including phenoxy) is 13. The first-order valence-electron chi connectivity index (χ1n) is 31.3. The van der Waals surface area contributed by atoms with Gasteiger partial charge in [0.05, 0.1) is 71.0 Å². The summed E-state index contributed by atoms with van der Waals surface area (Å²) in [6, 6.07) is 7.78.